The first-order valence-corrected chi connectivity index (χ1v) is 7.98. The van der Waals surface area contributed by atoms with Gasteiger partial charge < -0.3 is 0 Å². The zero-order valence-electron chi connectivity index (χ0n) is 14.5. The van der Waals surface area contributed by atoms with Crippen molar-refractivity contribution in [3.63, 3.8) is 0 Å². The maximum Gasteiger partial charge on any atom is 0.416 e. The van der Waals surface area contributed by atoms with E-state index >= 15 is 0 Å². The topological polar surface area (TPSA) is 77.1 Å². The van der Waals surface area contributed by atoms with Crippen molar-refractivity contribution in [1.82, 2.24) is 23.5 Å². The van der Waals surface area contributed by atoms with Crippen LogP contribution >= 0.6 is 0 Å². The Morgan fingerprint density at radius 2 is 1.67 bits per heavy atom. The van der Waals surface area contributed by atoms with E-state index in [-0.39, 0.29) is 11.2 Å². The zero-order chi connectivity index (χ0) is 19.7. The van der Waals surface area contributed by atoms with E-state index in [1.807, 2.05) is 0 Å². The largest absolute Gasteiger partial charge is 0.416 e. The van der Waals surface area contributed by atoms with E-state index in [0.29, 0.717) is 22.9 Å². The van der Waals surface area contributed by atoms with Crippen LogP contribution in [0.3, 0.4) is 0 Å². The van der Waals surface area contributed by atoms with Crippen LogP contribution < -0.4 is 11.2 Å². The Balaban J connectivity index is 2.08. The molecule has 0 fully saturated rings. The lowest BCUT2D eigenvalue weighted by Gasteiger charge is -2.09. The Hall–Kier alpha value is -3.30. The van der Waals surface area contributed by atoms with Gasteiger partial charge in [-0.1, -0.05) is 0 Å². The lowest BCUT2D eigenvalue weighted by molar-refractivity contribution is -0.137. The number of aromatic nitrogens is 5. The highest BCUT2D eigenvalue weighted by Crippen LogP contribution is 2.31. The minimum Gasteiger partial charge on any atom is -0.283 e. The van der Waals surface area contributed by atoms with E-state index in [0.717, 1.165) is 12.1 Å². The van der Waals surface area contributed by atoms with Gasteiger partial charge in [0.1, 0.15) is 0 Å². The Labute approximate surface area is 149 Å². The molecule has 0 spiro atoms. The van der Waals surface area contributed by atoms with E-state index < -0.39 is 23.0 Å². The third-order valence-corrected chi connectivity index (χ3v) is 4.75. The number of alkyl halides is 3. The van der Waals surface area contributed by atoms with Crippen molar-refractivity contribution < 1.29 is 13.2 Å². The van der Waals surface area contributed by atoms with Crippen molar-refractivity contribution >= 4 is 16.9 Å². The summed E-state index contributed by atoms with van der Waals surface area (Å²) in [5, 5.41) is 0. The molecular weight excluding hydrogens is 363 g/mol. The second-order valence-corrected chi connectivity index (χ2v) is 6.29. The molecule has 4 aromatic rings. The number of aromatic amines is 1. The van der Waals surface area contributed by atoms with Crippen LogP contribution in [0.1, 0.15) is 17.0 Å². The molecule has 140 valence electrons. The van der Waals surface area contributed by atoms with E-state index in [1.54, 1.807) is 22.8 Å². The summed E-state index contributed by atoms with van der Waals surface area (Å²) < 4.78 is 43.0. The molecule has 3 heterocycles. The number of hydrogen-bond acceptors (Lipinski definition) is 3. The first kappa shape index (κ1) is 17.1. The standard InChI is InChI=1S/C17H14F3N5O2/c1-8-9(2)25-12-13(23(3)16(27)22-14(12)26)21-15(25)24(8)11-6-4-10(5-7-11)17(18,19)20/h4-7H,1-3H3,(H,22,26,27). The Morgan fingerprint density at radius 1 is 1.04 bits per heavy atom. The van der Waals surface area contributed by atoms with Gasteiger partial charge in [0.25, 0.3) is 5.56 Å². The molecule has 0 aliphatic rings. The van der Waals surface area contributed by atoms with Gasteiger partial charge in [0.15, 0.2) is 11.2 Å². The van der Waals surface area contributed by atoms with Gasteiger partial charge in [-0.25, -0.2) is 4.79 Å². The Kier molecular flexibility index (Phi) is 3.39. The Bertz CT molecular complexity index is 1320. The third-order valence-electron chi connectivity index (χ3n) is 4.75. The second-order valence-electron chi connectivity index (χ2n) is 6.29. The van der Waals surface area contributed by atoms with Crippen molar-refractivity contribution in [2.24, 2.45) is 7.05 Å². The molecule has 0 saturated heterocycles. The molecule has 1 N–H and O–H groups in total. The van der Waals surface area contributed by atoms with Crippen LogP contribution in [0.25, 0.3) is 22.6 Å². The molecule has 0 bridgehead atoms. The molecule has 3 aromatic heterocycles. The van der Waals surface area contributed by atoms with E-state index in [2.05, 4.69) is 9.97 Å². The molecule has 0 aliphatic heterocycles. The average Bonchev–Trinajstić information content (AvgIpc) is 3.09. The molecule has 1 aromatic carbocycles. The number of halogens is 3. The first-order chi connectivity index (χ1) is 12.6. The quantitative estimate of drug-likeness (QED) is 0.553. The van der Waals surface area contributed by atoms with E-state index in [4.69, 9.17) is 0 Å². The SMILES string of the molecule is Cc1c(C)n2c3c(=O)[nH]c(=O)n(C)c3nc2n1-c1ccc(C(F)(F)F)cc1. The summed E-state index contributed by atoms with van der Waals surface area (Å²) in [6.45, 7) is 3.55. The summed E-state index contributed by atoms with van der Waals surface area (Å²) in [6, 6.07) is 4.67. The van der Waals surface area contributed by atoms with Crippen LogP contribution in [0.15, 0.2) is 33.9 Å². The predicted molar refractivity (Wildman–Crippen MR) is 92.4 cm³/mol. The number of imidazole rings is 2. The minimum absolute atomic E-state index is 0.197. The van der Waals surface area contributed by atoms with Gasteiger partial charge in [-0.15, -0.1) is 0 Å². The van der Waals surface area contributed by atoms with Gasteiger partial charge in [-0.05, 0) is 38.1 Å². The number of H-pyrrole nitrogens is 1. The fourth-order valence-corrected chi connectivity index (χ4v) is 3.22. The van der Waals surface area contributed by atoms with E-state index in [1.165, 1.54) is 23.7 Å². The highest BCUT2D eigenvalue weighted by molar-refractivity contribution is 5.77. The number of hydrogen-bond donors (Lipinski definition) is 1. The molecule has 27 heavy (non-hydrogen) atoms. The zero-order valence-corrected chi connectivity index (χ0v) is 14.5. The molecule has 4 rings (SSSR count). The summed E-state index contributed by atoms with van der Waals surface area (Å²) in [5.74, 6) is 0.339. The maximum absolute atomic E-state index is 12.8. The lowest BCUT2D eigenvalue weighted by Crippen LogP contribution is -2.28. The molecule has 7 nitrogen and oxygen atoms in total. The van der Waals surface area contributed by atoms with Gasteiger partial charge in [-0.3, -0.25) is 23.3 Å². The fourth-order valence-electron chi connectivity index (χ4n) is 3.22. The first-order valence-electron chi connectivity index (χ1n) is 7.98. The molecule has 0 aliphatic carbocycles. The van der Waals surface area contributed by atoms with Gasteiger partial charge in [-0.2, -0.15) is 18.2 Å². The van der Waals surface area contributed by atoms with Crippen LogP contribution in [0.4, 0.5) is 13.2 Å². The summed E-state index contributed by atoms with van der Waals surface area (Å²) in [6.07, 6.45) is -4.43. The van der Waals surface area contributed by atoms with Crippen molar-refractivity contribution in [3.05, 3.63) is 62.1 Å². The average molecular weight is 377 g/mol. The van der Waals surface area contributed by atoms with Crippen molar-refractivity contribution in [1.29, 1.82) is 0 Å². The summed E-state index contributed by atoms with van der Waals surface area (Å²) in [4.78, 5) is 30.8. The number of aryl methyl sites for hydroxylation is 2. The van der Waals surface area contributed by atoms with Gasteiger partial charge in [0, 0.05) is 24.1 Å². The summed E-state index contributed by atoms with van der Waals surface area (Å²) >= 11 is 0. The van der Waals surface area contributed by atoms with Crippen molar-refractivity contribution in [2.45, 2.75) is 20.0 Å². The molecule has 0 atom stereocenters. The van der Waals surface area contributed by atoms with Gasteiger partial charge in [0.2, 0.25) is 5.78 Å². The normalized spacial score (nSPS) is 12.4. The lowest BCUT2D eigenvalue weighted by atomic mass is 10.2. The summed E-state index contributed by atoms with van der Waals surface area (Å²) in [7, 11) is 1.48. The maximum atomic E-state index is 12.8. The molecule has 0 amide bonds. The highest BCUT2D eigenvalue weighted by Gasteiger charge is 2.30. The number of nitrogens with zero attached hydrogens (tertiary/aromatic N) is 4. The molecular formula is C17H14F3N5O2. The van der Waals surface area contributed by atoms with Crippen molar-refractivity contribution in [2.75, 3.05) is 0 Å². The predicted octanol–water partition coefficient (Wildman–Crippen LogP) is 2.30. The minimum atomic E-state index is -4.43. The second kappa shape index (κ2) is 5.35. The number of fused-ring (bicyclic) bond motifs is 3. The van der Waals surface area contributed by atoms with Crippen LogP contribution in [0.5, 0.6) is 0 Å². The van der Waals surface area contributed by atoms with Crippen molar-refractivity contribution in [3.8, 4) is 5.69 Å². The number of benzene rings is 1. The molecule has 0 unspecified atom stereocenters. The smallest absolute Gasteiger partial charge is 0.283 e. The molecule has 10 heteroatoms. The van der Waals surface area contributed by atoms with Crippen LogP contribution in [-0.2, 0) is 13.2 Å². The molecule has 0 radical (unpaired) electrons. The molecule has 0 saturated carbocycles. The van der Waals surface area contributed by atoms with Gasteiger partial charge in [0.05, 0.1) is 5.56 Å². The van der Waals surface area contributed by atoms with Crippen LogP contribution in [-0.4, -0.2) is 23.5 Å². The monoisotopic (exact) mass is 377 g/mol. The summed E-state index contributed by atoms with van der Waals surface area (Å²) in [5.41, 5.74) is 0.355. The third kappa shape index (κ3) is 2.32. The van der Waals surface area contributed by atoms with E-state index in [9.17, 15) is 22.8 Å². The van der Waals surface area contributed by atoms with Crippen LogP contribution in [0.2, 0.25) is 0 Å². The van der Waals surface area contributed by atoms with Gasteiger partial charge >= 0.3 is 11.9 Å². The fraction of sp³-hybridized carbons (Fsp3) is 0.235. The number of nitrogens with one attached hydrogen (secondary N) is 1. The van der Waals surface area contributed by atoms with Crippen LogP contribution in [0, 0.1) is 13.8 Å². The number of rotatable bonds is 1. The Morgan fingerprint density at radius 3 is 2.26 bits per heavy atom. The highest BCUT2D eigenvalue weighted by atomic mass is 19.4.